The van der Waals surface area contributed by atoms with Crippen molar-refractivity contribution in [2.45, 2.75) is 96.6 Å². The van der Waals surface area contributed by atoms with Crippen molar-refractivity contribution in [2.75, 3.05) is 6.61 Å². The van der Waals surface area contributed by atoms with Crippen LogP contribution in [0.3, 0.4) is 0 Å². The van der Waals surface area contributed by atoms with E-state index in [-0.39, 0.29) is 31.1 Å². The largest absolute Gasteiger partial charge is 0.494 e. The van der Waals surface area contributed by atoms with Crippen LogP contribution < -0.4 is 10.1 Å². The first-order valence-electron chi connectivity index (χ1n) is 12.2. The monoisotopic (exact) mass is 493 g/mol. The number of rotatable bonds is 17. The highest BCUT2D eigenvalue weighted by Crippen LogP contribution is 2.17. The molecule has 1 atom stereocenters. The Hall–Kier alpha value is -3.10. The number of benzene rings is 1. The number of hydrogen-bond acceptors (Lipinski definition) is 6. The second kappa shape index (κ2) is 15.7. The SMILES string of the molecule is CC(C)(C)OC(=O)c1ccc(OCCCCCCCCCC(=O)NC(CCC(=O)O)C(=O)O)cc1. The maximum Gasteiger partial charge on any atom is 0.338 e. The number of carbonyl (C=O) groups is 4. The van der Waals surface area contributed by atoms with Crippen LogP contribution in [0.2, 0.25) is 0 Å². The molecule has 0 saturated heterocycles. The van der Waals surface area contributed by atoms with Gasteiger partial charge < -0.3 is 25.0 Å². The van der Waals surface area contributed by atoms with Crippen LogP contribution in [0.5, 0.6) is 5.75 Å². The summed E-state index contributed by atoms with van der Waals surface area (Å²) in [4.78, 5) is 45.6. The normalized spacial score (nSPS) is 12.0. The summed E-state index contributed by atoms with van der Waals surface area (Å²) in [5.74, 6) is -2.32. The number of hydrogen-bond donors (Lipinski definition) is 3. The first-order valence-corrected chi connectivity index (χ1v) is 12.2. The van der Waals surface area contributed by atoms with Crippen LogP contribution in [-0.4, -0.2) is 52.3 Å². The lowest BCUT2D eigenvalue weighted by Gasteiger charge is -2.19. The molecule has 35 heavy (non-hydrogen) atoms. The van der Waals surface area contributed by atoms with Gasteiger partial charge in [0.2, 0.25) is 5.91 Å². The van der Waals surface area contributed by atoms with Crippen molar-refractivity contribution in [1.82, 2.24) is 5.32 Å². The van der Waals surface area contributed by atoms with Gasteiger partial charge in [-0.2, -0.15) is 0 Å². The summed E-state index contributed by atoms with van der Waals surface area (Å²) in [6.45, 7) is 6.08. The zero-order valence-corrected chi connectivity index (χ0v) is 21.0. The first-order chi connectivity index (χ1) is 16.5. The summed E-state index contributed by atoms with van der Waals surface area (Å²) in [5.41, 5.74) is -0.0403. The molecule has 0 fully saturated rings. The van der Waals surface area contributed by atoms with Crippen molar-refractivity contribution < 1.29 is 38.9 Å². The molecule has 1 aromatic carbocycles. The third-order valence-corrected chi connectivity index (χ3v) is 5.09. The molecule has 1 amide bonds. The van der Waals surface area contributed by atoms with Crippen LogP contribution in [0.1, 0.15) is 95.3 Å². The minimum atomic E-state index is -1.22. The van der Waals surface area contributed by atoms with Crippen molar-refractivity contribution in [2.24, 2.45) is 0 Å². The zero-order chi connectivity index (χ0) is 26.3. The van der Waals surface area contributed by atoms with Crippen molar-refractivity contribution >= 4 is 23.8 Å². The fourth-order valence-corrected chi connectivity index (χ4v) is 3.28. The maximum atomic E-state index is 12.0. The number of esters is 1. The molecule has 0 aliphatic rings. The standard InChI is InChI=1S/C26H39NO8/c1-26(2,3)35-25(33)19-12-14-20(15-13-19)34-18-10-8-6-4-5-7-9-11-22(28)27-21(24(31)32)16-17-23(29)30/h12-15,21H,4-11,16-18H2,1-3H3,(H,27,28)(H,29,30)(H,31,32). The summed E-state index contributed by atoms with van der Waals surface area (Å²) in [5, 5.41) is 20.1. The van der Waals surface area contributed by atoms with E-state index in [4.69, 9.17) is 19.7 Å². The molecule has 0 radical (unpaired) electrons. The lowest BCUT2D eigenvalue weighted by molar-refractivity contribution is -0.143. The van der Waals surface area contributed by atoms with E-state index in [0.717, 1.165) is 38.5 Å². The molecule has 196 valence electrons. The Labute approximate surface area is 207 Å². The smallest absolute Gasteiger partial charge is 0.338 e. The van der Waals surface area contributed by atoms with Gasteiger partial charge in [-0.3, -0.25) is 9.59 Å². The quantitative estimate of drug-likeness (QED) is 0.212. The average Bonchev–Trinajstić information content (AvgIpc) is 2.76. The molecule has 3 N–H and O–H groups in total. The van der Waals surface area contributed by atoms with Crippen LogP contribution in [0.15, 0.2) is 24.3 Å². The number of unbranched alkanes of at least 4 members (excludes halogenated alkanes) is 6. The summed E-state index contributed by atoms with van der Waals surface area (Å²) in [6, 6.07) is 5.76. The van der Waals surface area contributed by atoms with Crippen LogP contribution in [-0.2, 0) is 19.1 Å². The van der Waals surface area contributed by atoms with Gasteiger partial charge in [0.15, 0.2) is 0 Å². The van der Waals surface area contributed by atoms with Gasteiger partial charge in [0.1, 0.15) is 17.4 Å². The highest BCUT2D eigenvalue weighted by Gasteiger charge is 2.20. The van der Waals surface area contributed by atoms with E-state index in [9.17, 15) is 19.2 Å². The van der Waals surface area contributed by atoms with Gasteiger partial charge >= 0.3 is 17.9 Å². The molecule has 1 unspecified atom stereocenters. The molecule has 0 aromatic heterocycles. The van der Waals surface area contributed by atoms with Crippen LogP contribution in [0, 0.1) is 0 Å². The predicted octanol–water partition coefficient (Wildman–Crippen LogP) is 4.58. The van der Waals surface area contributed by atoms with Crippen molar-refractivity contribution in [3.8, 4) is 5.75 Å². The van der Waals surface area contributed by atoms with Crippen molar-refractivity contribution in [3.05, 3.63) is 29.8 Å². The van der Waals surface area contributed by atoms with Gasteiger partial charge in [-0.25, -0.2) is 9.59 Å². The minimum Gasteiger partial charge on any atom is -0.494 e. The van der Waals surface area contributed by atoms with Gasteiger partial charge in [0, 0.05) is 12.8 Å². The van der Waals surface area contributed by atoms with E-state index >= 15 is 0 Å². The molecule has 0 saturated carbocycles. The number of amides is 1. The van der Waals surface area contributed by atoms with Crippen molar-refractivity contribution in [3.63, 3.8) is 0 Å². The first kappa shape index (κ1) is 29.9. The van der Waals surface area contributed by atoms with Gasteiger partial charge in [-0.05, 0) is 64.3 Å². The van der Waals surface area contributed by atoms with Gasteiger partial charge in [-0.15, -0.1) is 0 Å². The van der Waals surface area contributed by atoms with Crippen LogP contribution in [0.4, 0.5) is 0 Å². The van der Waals surface area contributed by atoms with Crippen LogP contribution in [0.25, 0.3) is 0 Å². The Morgan fingerprint density at radius 1 is 0.857 bits per heavy atom. The summed E-state index contributed by atoms with van der Waals surface area (Å²) in [6.07, 6.45) is 6.38. The molecule has 0 spiro atoms. The molecular formula is C26H39NO8. The Morgan fingerprint density at radius 2 is 1.43 bits per heavy atom. The van der Waals surface area contributed by atoms with E-state index in [1.165, 1.54) is 0 Å². The highest BCUT2D eigenvalue weighted by molar-refractivity contribution is 5.89. The fraction of sp³-hybridized carbons (Fsp3) is 0.615. The minimum absolute atomic E-state index is 0.127. The average molecular weight is 494 g/mol. The topological polar surface area (TPSA) is 139 Å². The Morgan fingerprint density at radius 3 is 1.97 bits per heavy atom. The molecule has 9 heteroatoms. The molecule has 0 aliphatic carbocycles. The summed E-state index contributed by atoms with van der Waals surface area (Å²) < 4.78 is 11.1. The fourth-order valence-electron chi connectivity index (χ4n) is 3.28. The molecule has 1 aromatic rings. The third kappa shape index (κ3) is 14.7. The molecule has 9 nitrogen and oxygen atoms in total. The second-order valence-corrected chi connectivity index (χ2v) is 9.49. The third-order valence-electron chi connectivity index (χ3n) is 5.09. The Balaban J connectivity index is 2.08. The number of ether oxygens (including phenoxy) is 2. The number of carboxylic acid groups (broad SMARTS) is 2. The van der Waals surface area contributed by atoms with E-state index in [2.05, 4.69) is 5.32 Å². The Bertz CT molecular complexity index is 814. The van der Waals surface area contributed by atoms with E-state index < -0.39 is 23.6 Å². The maximum absolute atomic E-state index is 12.0. The van der Waals surface area contributed by atoms with Gasteiger partial charge in [0.05, 0.1) is 12.2 Å². The molecule has 0 bridgehead atoms. The van der Waals surface area contributed by atoms with E-state index in [1.54, 1.807) is 24.3 Å². The number of aliphatic carboxylic acids is 2. The molecule has 0 aliphatic heterocycles. The highest BCUT2D eigenvalue weighted by atomic mass is 16.6. The summed E-state index contributed by atoms with van der Waals surface area (Å²) in [7, 11) is 0. The van der Waals surface area contributed by atoms with Gasteiger partial charge in [0.25, 0.3) is 0 Å². The predicted molar refractivity (Wildman–Crippen MR) is 130 cm³/mol. The number of carboxylic acids is 2. The lowest BCUT2D eigenvalue weighted by atomic mass is 10.1. The number of carbonyl (C=O) groups excluding carboxylic acids is 2. The van der Waals surface area contributed by atoms with Gasteiger partial charge in [-0.1, -0.05) is 32.1 Å². The molecule has 0 heterocycles. The second-order valence-electron chi connectivity index (χ2n) is 9.49. The Kier molecular flexibility index (Phi) is 13.5. The lowest BCUT2D eigenvalue weighted by Crippen LogP contribution is -2.41. The summed E-state index contributed by atoms with van der Waals surface area (Å²) >= 11 is 0. The zero-order valence-electron chi connectivity index (χ0n) is 21.0. The molecule has 1 rings (SSSR count). The van der Waals surface area contributed by atoms with E-state index in [1.807, 2.05) is 20.8 Å². The van der Waals surface area contributed by atoms with Crippen molar-refractivity contribution in [1.29, 1.82) is 0 Å². The van der Waals surface area contributed by atoms with E-state index in [0.29, 0.717) is 24.3 Å². The van der Waals surface area contributed by atoms with Crippen LogP contribution >= 0.6 is 0 Å². The number of nitrogens with one attached hydrogen (secondary N) is 1. The molecular weight excluding hydrogens is 454 g/mol.